The third-order valence-electron chi connectivity index (χ3n) is 5.32. The standard InChI is InChI=1S/C21H24FN7/c1-4-18-15-11-29(10-9-17(15)27-28(18)3)21(24-12-23)20-19(25-13(2)26-20)14-7-5-6-8-16(14)22/h5-8,12,23H,4,9-11H2,1-3H3,(H,25,26)/b23-12?,24-21+. The average Bonchev–Trinajstić information content (AvgIpc) is 3.24. The molecule has 0 amide bonds. The van der Waals surface area contributed by atoms with E-state index in [4.69, 9.17) is 5.41 Å². The summed E-state index contributed by atoms with van der Waals surface area (Å²) in [7, 11) is 1.97. The van der Waals surface area contributed by atoms with Crippen LogP contribution in [0.25, 0.3) is 11.3 Å². The second-order valence-corrected chi connectivity index (χ2v) is 7.13. The maximum atomic E-state index is 14.5. The molecule has 2 aromatic heterocycles. The van der Waals surface area contributed by atoms with Crippen molar-refractivity contribution in [2.45, 2.75) is 33.2 Å². The number of aliphatic imine (C=N–C) groups is 1. The van der Waals surface area contributed by atoms with E-state index in [9.17, 15) is 4.39 Å². The van der Waals surface area contributed by atoms with E-state index in [1.54, 1.807) is 18.2 Å². The second kappa shape index (κ2) is 7.62. The molecular weight excluding hydrogens is 369 g/mol. The van der Waals surface area contributed by atoms with E-state index in [-0.39, 0.29) is 5.82 Å². The Kier molecular flexibility index (Phi) is 5.00. The number of H-pyrrole nitrogens is 1. The number of nitrogens with zero attached hydrogens (tertiary/aromatic N) is 5. The van der Waals surface area contributed by atoms with Crippen molar-refractivity contribution in [3.8, 4) is 11.3 Å². The number of amidine groups is 1. The third-order valence-corrected chi connectivity index (χ3v) is 5.32. The molecule has 1 aliphatic rings. The summed E-state index contributed by atoms with van der Waals surface area (Å²) in [6.07, 6.45) is 2.71. The maximum absolute atomic E-state index is 14.5. The third kappa shape index (κ3) is 3.35. The van der Waals surface area contributed by atoms with Crippen LogP contribution in [0.5, 0.6) is 0 Å². The topological polar surface area (TPSA) is 86.0 Å². The fourth-order valence-corrected chi connectivity index (χ4v) is 4.05. The minimum Gasteiger partial charge on any atom is -0.350 e. The summed E-state index contributed by atoms with van der Waals surface area (Å²) < 4.78 is 16.4. The number of imidazole rings is 1. The molecule has 150 valence electrons. The molecule has 7 nitrogen and oxygen atoms in total. The zero-order valence-electron chi connectivity index (χ0n) is 16.8. The first-order valence-corrected chi connectivity index (χ1v) is 9.70. The van der Waals surface area contributed by atoms with E-state index in [0.29, 0.717) is 41.7 Å². The van der Waals surface area contributed by atoms with Gasteiger partial charge in [0.1, 0.15) is 29.4 Å². The van der Waals surface area contributed by atoms with Gasteiger partial charge in [0.2, 0.25) is 0 Å². The van der Waals surface area contributed by atoms with Crippen LogP contribution in [0.1, 0.15) is 35.4 Å². The average molecular weight is 393 g/mol. The number of benzene rings is 1. The summed E-state index contributed by atoms with van der Waals surface area (Å²) in [6, 6.07) is 6.58. The Labute approximate surface area is 168 Å². The van der Waals surface area contributed by atoms with Gasteiger partial charge in [-0.15, -0.1) is 0 Å². The molecule has 1 aliphatic heterocycles. The van der Waals surface area contributed by atoms with Gasteiger partial charge in [-0.2, -0.15) is 5.10 Å². The zero-order chi connectivity index (χ0) is 20.5. The minimum absolute atomic E-state index is 0.337. The number of rotatable bonds is 4. The van der Waals surface area contributed by atoms with E-state index in [2.05, 4.69) is 31.9 Å². The monoisotopic (exact) mass is 393 g/mol. The number of aromatic amines is 1. The highest BCUT2D eigenvalue weighted by atomic mass is 19.1. The predicted octanol–water partition coefficient (Wildman–Crippen LogP) is 3.23. The largest absolute Gasteiger partial charge is 0.350 e. The molecule has 0 unspecified atom stereocenters. The van der Waals surface area contributed by atoms with Gasteiger partial charge in [0.25, 0.3) is 0 Å². The molecule has 0 bridgehead atoms. The molecule has 0 saturated heterocycles. The van der Waals surface area contributed by atoms with E-state index < -0.39 is 0 Å². The Bertz CT molecular complexity index is 1090. The first-order valence-electron chi connectivity index (χ1n) is 9.70. The van der Waals surface area contributed by atoms with Crippen LogP contribution in [0.2, 0.25) is 0 Å². The molecule has 4 rings (SSSR count). The fourth-order valence-electron chi connectivity index (χ4n) is 4.05. The van der Waals surface area contributed by atoms with Crippen LogP contribution in [0, 0.1) is 18.2 Å². The Hall–Kier alpha value is -3.29. The number of aryl methyl sites for hydroxylation is 2. The first-order chi connectivity index (χ1) is 14.0. The molecule has 3 aromatic rings. The predicted molar refractivity (Wildman–Crippen MR) is 111 cm³/mol. The number of hydrogen-bond acceptors (Lipinski definition) is 3. The summed E-state index contributed by atoms with van der Waals surface area (Å²) in [4.78, 5) is 14.2. The van der Waals surface area contributed by atoms with Crippen LogP contribution in [-0.2, 0) is 26.4 Å². The molecule has 0 aliphatic carbocycles. The lowest BCUT2D eigenvalue weighted by Gasteiger charge is -2.29. The summed E-state index contributed by atoms with van der Waals surface area (Å²) in [6.45, 7) is 5.32. The molecule has 0 spiro atoms. The minimum atomic E-state index is -0.337. The molecule has 8 heteroatoms. The molecule has 0 radical (unpaired) electrons. The number of hydrogen-bond donors (Lipinski definition) is 2. The van der Waals surface area contributed by atoms with Crippen molar-refractivity contribution in [3.05, 3.63) is 58.6 Å². The fraction of sp³-hybridized carbons (Fsp3) is 0.333. The molecule has 0 saturated carbocycles. The summed E-state index contributed by atoms with van der Waals surface area (Å²) in [5, 5.41) is 12.2. The van der Waals surface area contributed by atoms with E-state index in [1.807, 2.05) is 18.7 Å². The lowest BCUT2D eigenvalue weighted by Crippen LogP contribution is -2.37. The van der Waals surface area contributed by atoms with Gasteiger partial charge in [0.15, 0.2) is 5.84 Å². The molecule has 1 aromatic carbocycles. The molecule has 0 atom stereocenters. The SMILES string of the molecule is CCc1c2c(nn1C)CCN(/C(=N/C=N)c1[nH]c(C)nc1-c1ccccc1F)C2. The van der Waals surface area contributed by atoms with Gasteiger partial charge in [-0.3, -0.25) is 10.1 Å². The van der Waals surface area contributed by atoms with Gasteiger partial charge in [-0.1, -0.05) is 19.1 Å². The normalized spacial score (nSPS) is 14.2. The smallest absolute Gasteiger partial charge is 0.156 e. The second-order valence-electron chi connectivity index (χ2n) is 7.13. The van der Waals surface area contributed by atoms with Gasteiger partial charge in [-0.25, -0.2) is 14.4 Å². The number of fused-ring (bicyclic) bond motifs is 1. The Morgan fingerprint density at radius 2 is 2.17 bits per heavy atom. The van der Waals surface area contributed by atoms with Crippen LogP contribution in [0.15, 0.2) is 29.3 Å². The van der Waals surface area contributed by atoms with E-state index in [0.717, 1.165) is 24.9 Å². The first kappa shape index (κ1) is 19.0. The molecule has 2 N–H and O–H groups in total. The van der Waals surface area contributed by atoms with Crippen LogP contribution >= 0.6 is 0 Å². The van der Waals surface area contributed by atoms with Crippen molar-refractivity contribution in [2.24, 2.45) is 12.0 Å². The van der Waals surface area contributed by atoms with Crippen LogP contribution < -0.4 is 0 Å². The molecule has 3 heterocycles. The van der Waals surface area contributed by atoms with Crippen molar-refractivity contribution in [1.29, 1.82) is 5.41 Å². The van der Waals surface area contributed by atoms with Crippen molar-refractivity contribution in [2.75, 3.05) is 6.54 Å². The van der Waals surface area contributed by atoms with E-state index in [1.165, 1.54) is 17.3 Å². The van der Waals surface area contributed by atoms with Crippen LogP contribution in [-0.4, -0.2) is 43.4 Å². The quantitative estimate of drug-likeness (QED) is 0.527. The highest BCUT2D eigenvalue weighted by Crippen LogP contribution is 2.28. The van der Waals surface area contributed by atoms with Crippen LogP contribution in [0.4, 0.5) is 4.39 Å². The highest BCUT2D eigenvalue weighted by molar-refractivity contribution is 6.05. The lowest BCUT2D eigenvalue weighted by molar-refractivity contribution is 0.391. The van der Waals surface area contributed by atoms with E-state index >= 15 is 0 Å². The van der Waals surface area contributed by atoms with Crippen LogP contribution in [0.3, 0.4) is 0 Å². The lowest BCUT2D eigenvalue weighted by atomic mass is 10.0. The van der Waals surface area contributed by atoms with Gasteiger partial charge >= 0.3 is 0 Å². The summed E-state index contributed by atoms with van der Waals surface area (Å²) in [5.74, 6) is 0.926. The van der Waals surface area contributed by atoms with Gasteiger partial charge in [0, 0.05) is 43.4 Å². The van der Waals surface area contributed by atoms with Crippen molar-refractivity contribution in [3.63, 3.8) is 0 Å². The maximum Gasteiger partial charge on any atom is 0.156 e. The Balaban J connectivity index is 1.78. The molecule has 0 fully saturated rings. The Morgan fingerprint density at radius 1 is 1.38 bits per heavy atom. The van der Waals surface area contributed by atoms with Crippen molar-refractivity contribution in [1.82, 2.24) is 24.6 Å². The van der Waals surface area contributed by atoms with Gasteiger partial charge < -0.3 is 9.88 Å². The molecule has 29 heavy (non-hydrogen) atoms. The number of nitrogens with one attached hydrogen (secondary N) is 2. The highest BCUT2D eigenvalue weighted by Gasteiger charge is 2.28. The van der Waals surface area contributed by atoms with Crippen molar-refractivity contribution < 1.29 is 4.39 Å². The summed E-state index contributed by atoms with van der Waals surface area (Å²) >= 11 is 0. The van der Waals surface area contributed by atoms with Gasteiger partial charge in [-0.05, 0) is 25.5 Å². The Morgan fingerprint density at radius 3 is 2.90 bits per heavy atom. The number of halogens is 1. The number of aromatic nitrogens is 4. The summed E-state index contributed by atoms with van der Waals surface area (Å²) in [5.41, 5.74) is 5.08. The van der Waals surface area contributed by atoms with Crippen molar-refractivity contribution >= 4 is 12.2 Å². The molecular formula is C21H24FN7. The zero-order valence-corrected chi connectivity index (χ0v) is 16.8. The van der Waals surface area contributed by atoms with Gasteiger partial charge in [0.05, 0.1) is 5.69 Å².